The van der Waals surface area contributed by atoms with Gasteiger partial charge in [0.05, 0.1) is 4.92 Å². The molecule has 0 N–H and O–H groups in total. The lowest BCUT2D eigenvalue weighted by Gasteiger charge is -2.14. The molecule has 0 unspecified atom stereocenters. The Bertz CT molecular complexity index is 373. The SMILES string of the molecule is C[Si](C)(C)CCSCc1ccc([N+](=O)[O-])cc1. The highest BCUT2D eigenvalue weighted by atomic mass is 32.2. The second-order valence-electron chi connectivity index (χ2n) is 5.29. The van der Waals surface area contributed by atoms with Crippen LogP contribution in [0.2, 0.25) is 25.7 Å². The average Bonchev–Trinajstić information content (AvgIpc) is 2.24. The minimum atomic E-state index is -0.929. The first-order valence-corrected chi connectivity index (χ1v) is 10.6. The minimum absolute atomic E-state index is 0.167. The van der Waals surface area contributed by atoms with E-state index >= 15 is 0 Å². The van der Waals surface area contributed by atoms with Crippen LogP contribution in [0.15, 0.2) is 24.3 Å². The largest absolute Gasteiger partial charge is 0.269 e. The van der Waals surface area contributed by atoms with Gasteiger partial charge in [-0.2, -0.15) is 11.8 Å². The summed E-state index contributed by atoms with van der Waals surface area (Å²) in [5.74, 6) is 2.13. The fourth-order valence-corrected chi connectivity index (χ4v) is 4.88. The maximum atomic E-state index is 10.5. The van der Waals surface area contributed by atoms with Gasteiger partial charge in [0.1, 0.15) is 0 Å². The van der Waals surface area contributed by atoms with Crippen LogP contribution in [0.1, 0.15) is 5.56 Å². The zero-order valence-corrected chi connectivity index (χ0v) is 12.4. The fourth-order valence-electron chi connectivity index (χ4n) is 1.28. The maximum absolute atomic E-state index is 10.5. The molecule has 1 aromatic carbocycles. The number of hydrogen-bond acceptors (Lipinski definition) is 3. The zero-order valence-electron chi connectivity index (χ0n) is 10.6. The summed E-state index contributed by atoms with van der Waals surface area (Å²) in [5, 5.41) is 10.5. The third kappa shape index (κ3) is 5.88. The Morgan fingerprint density at radius 3 is 2.29 bits per heavy atom. The fraction of sp³-hybridized carbons (Fsp3) is 0.500. The average molecular weight is 269 g/mol. The normalized spacial score (nSPS) is 11.5. The van der Waals surface area contributed by atoms with Crippen LogP contribution in [0.3, 0.4) is 0 Å². The van der Waals surface area contributed by atoms with Crippen LogP contribution in [0.4, 0.5) is 5.69 Å². The van der Waals surface area contributed by atoms with Gasteiger partial charge in [-0.25, -0.2) is 0 Å². The van der Waals surface area contributed by atoms with Crippen molar-refractivity contribution in [2.24, 2.45) is 0 Å². The van der Waals surface area contributed by atoms with E-state index in [-0.39, 0.29) is 10.6 Å². The van der Waals surface area contributed by atoms with Gasteiger partial charge < -0.3 is 0 Å². The van der Waals surface area contributed by atoms with Crippen molar-refractivity contribution in [1.82, 2.24) is 0 Å². The smallest absolute Gasteiger partial charge is 0.258 e. The van der Waals surface area contributed by atoms with Crippen molar-refractivity contribution in [3.8, 4) is 0 Å². The van der Waals surface area contributed by atoms with Crippen LogP contribution in [-0.4, -0.2) is 18.8 Å². The van der Waals surface area contributed by atoms with Gasteiger partial charge in [0.15, 0.2) is 0 Å². The molecule has 0 radical (unpaired) electrons. The quantitative estimate of drug-likeness (QED) is 0.337. The van der Waals surface area contributed by atoms with Gasteiger partial charge in [-0.15, -0.1) is 0 Å². The summed E-state index contributed by atoms with van der Waals surface area (Å²) in [6.07, 6.45) is 0. The summed E-state index contributed by atoms with van der Waals surface area (Å²) >= 11 is 1.91. The van der Waals surface area contributed by atoms with Crippen LogP contribution in [0.25, 0.3) is 0 Å². The van der Waals surface area contributed by atoms with E-state index in [1.807, 2.05) is 23.9 Å². The van der Waals surface area contributed by atoms with Crippen molar-refractivity contribution < 1.29 is 4.92 Å². The molecule has 0 spiro atoms. The number of thioether (sulfide) groups is 1. The summed E-state index contributed by atoms with van der Waals surface area (Å²) in [5.41, 5.74) is 1.33. The molecule has 17 heavy (non-hydrogen) atoms. The predicted molar refractivity (Wildman–Crippen MR) is 77.4 cm³/mol. The summed E-state index contributed by atoms with van der Waals surface area (Å²) < 4.78 is 0. The van der Waals surface area contributed by atoms with Gasteiger partial charge in [0, 0.05) is 26.0 Å². The second kappa shape index (κ2) is 6.21. The van der Waals surface area contributed by atoms with E-state index < -0.39 is 8.07 Å². The standard InChI is InChI=1S/C12H19NO2SSi/c1-17(2,3)9-8-16-10-11-4-6-12(7-5-11)13(14)15/h4-7H,8-10H2,1-3H3. The molecular formula is C12H19NO2SSi. The third-order valence-corrected chi connectivity index (χ3v) is 5.55. The van der Waals surface area contributed by atoms with Gasteiger partial charge >= 0.3 is 0 Å². The Kier molecular flexibility index (Phi) is 5.20. The van der Waals surface area contributed by atoms with Gasteiger partial charge in [-0.1, -0.05) is 31.8 Å². The highest BCUT2D eigenvalue weighted by Crippen LogP contribution is 2.19. The molecule has 0 atom stereocenters. The summed E-state index contributed by atoms with van der Waals surface area (Å²) in [6.45, 7) is 7.12. The summed E-state index contributed by atoms with van der Waals surface area (Å²) in [6, 6.07) is 8.17. The second-order valence-corrected chi connectivity index (χ2v) is 12.0. The zero-order chi connectivity index (χ0) is 12.9. The number of rotatable bonds is 6. The molecule has 0 aliphatic rings. The van der Waals surface area contributed by atoms with Gasteiger partial charge in [-0.3, -0.25) is 10.1 Å². The number of nitro groups is 1. The first-order chi connectivity index (χ1) is 7.88. The highest BCUT2D eigenvalue weighted by molar-refractivity contribution is 7.98. The molecule has 5 heteroatoms. The molecule has 0 heterocycles. The van der Waals surface area contributed by atoms with Crippen molar-refractivity contribution in [1.29, 1.82) is 0 Å². The highest BCUT2D eigenvalue weighted by Gasteiger charge is 2.11. The van der Waals surface area contributed by atoms with Gasteiger partial charge in [-0.05, 0) is 17.4 Å². The van der Waals surface area contributed by atoms with E-state index in [0.29, 0.717) is 0 Å². The van der Waals surface area contributed by atoms with Gasteiger partial charge in [0.2, 0.25) is 0 Å². The predicted octanol–water partition coefficient (Wildman–Crippen LogP) is 4.17. The van der Waals surface area contributed by atoms with Crippen molar-refractivity contribution in [2.75, 3.05) is 5.75 Å². The molecular weight excluding hydrogens is 250 g/mol. The van der Waals surface area contributed by atoms with Crippen LogP contribution in [0, 0.1) is 10.1 Å². The topological polar surface area (TPSA) is 43.1 Å². The minimum Gasteiger partial charge on any atom is -0.258 e. The Hall–Kier alpha value is -0.813. The van der Waals surface area contributed by atoms with E-state index in [9.17, 15) is 10.1 Å². The lowest BCUT2D eigenvalue weighted by molar-refractivity contribution is -0.384. The van der Waals surface area contributed by atoms with Crippen molar-refractivity contribution in [2.45, 2.75) is 31.4 Å². The molecule has 1 aromatic rings. The third-order valence-electron chi connectivity index (χ3n) is 2.41. The van der Waals surface area contributed by atoms with E-state index in [1.54, 1.807) is 12.1 Å². The summed E-state index contributed by atoms with van der Waals surface area (Å²) in [7, 11) is -0.929. The van der Waals surface area contributed by atoms with Gasteiger partial charge in [0.25, 0.3) is 5.69 Å². The van der Waals surface area contributed by atoms with Crippen molar-refractivity contribution >= 4 is 25.5 Å². The lowest BCUT2D eigenvalue weighted by Crippen LogP contribution is -2.19. The first-order valence-electron chi connectivity index (χ1n) is 5.69. The molecule has 0 fully saturated rings. The van der Waals surface area contributed by atoms with E-state index in [1.165, 1.54) is 11.8 Å². The molecule has 0 saturated carbocycles. The van der Waals surface area contributed by atoms with E-state index in [2.05, 4.69) is 19.6 Å². The van der Waals surface area contributed by atoms with Crippen molar-refractivity contribution in [3.63, 3.8) is 0 Å². The number of benzene rings is 1. The molecule has 1 rings (SSSR count). The number of non-ortho nitro benzene ring substituents is 1. The van der Waals surface area contributed by atoms with Crippen LogP contribution < -0.4 is 0 Å². The molecule has 0 saturated heterocycles. The molecule has 94 valence electrons. The Labute approximate surface area is 108 Å². The molecule has 3 nitrogen and oxygen atoms in total. The Morgan fingerprint density at radius 2 is 1.82 bits per heavy atom. The Balaban J connectivity index is 2.35. The monoisotopic (exact) mass is 269 g/mol. The lowest BCUT2D eigenvalue weighted by atomic mass is 10.2. The molecule has 0 aromatic heterocycles. The van der Waals surface area contributed by atoms with E-state index in [4.69, 9.17) is 0 Å². The summed E-state index contributed by atoms with van der Waals surface area (Å²) in [4.78, 5) is 10.1. The maximum Gasteiger partial charge on any atom is 0.269 e. The van der Waals surface area contributed by atoms with Crippen LogP contribution in [-0.2, 0) is 5.75 Å². The number of nitro benzene ring substituents is 1. The molecule has 0 aliphatic heterocycles. The van der Waals surface area contributed by atoms with E-state index in [0.717, 1.165) is 11.3 Å². The van der Waals surface area contributed by atoms with Crippen LogP contribution in [0.5, 0.6) is 0 Å². The Morgan fingerprint density at radius 1 is 1.24 bits per heavy atom. The number of hydrogen-bond donors (Lipinski definition) is 0. The molecule has 0 amide bonds. The molecule has 0 bridgehead atoms. The first kappa shape index (κ1) is 14.2. The van der Waals surface area contributed by atoms with Crippen LogP contribution >= 0.6 is 11.8 Å². The number of nitrogens with zero attached hydrogens (tertiary/aromatic N) is 1. The van der Waals surface area contributed by atoms with Crippen molar-refractivity contribution in [3.05, 3.63) is 39.9 Å². The molecule has 0 aliphatic carbocycles.